The number of halogens is 1. The van der Waals surface area contributed by atoms with Gasteiger partial charge in [-0.25, -0.2) is 4.98 Å². The third-order valence-electron chi connectivity index (χ3n) is 4.11. The SMILES string of the molecule is CC(C)c1ccc(NC(=O)CCc2ncc(-c3ccc(Cl)cc3)o2)cc1. The summed E-state index contributed by atoms with van der Waals surface area (Å²) in [7, 11) is 0. The maximum absolute atomic E-state index is 12.1. The maximum atomic E-state index is 12.1. The Hall–Kier alpha value is -2.59. The van der Waals surface area contributed by atoms with E-state index < -0.39 is 0 Å². The smallest absolute Gasteiger partial charge is 0.224 e. The number of benzene rings is 2. The van der Waals surface area contributed by atoms with Crippen molar-refractivity contribution in [3.05, 3.63) is 71.2 Å². The first-order chi connectivity index (χ1) is 12.5. The zero-order valence-electron chi connectivity index (χ0n) is 14.8. The van der Waals surface area contributed by atoms with E-state index in [4.69, 9.17) is 16.0 Å². The van der Waals surface area contributed by atoms with Crippen LogP contribution in [0.15, 0.2) is 59.1 Å². The summed E-state index contributed by atoms with van der Waals surface area (Å²) in [5, 5.41) is 3.57. The number of carbonyl (C=O) groups is 1. The third-order valence-corrected chi connectivity index (χ3v) is 4.36. The van der Waals surface area contributed by atoms with Crippen LogP contribution in [0.2, 0.25) is 5.02 Å². The van der Waals surface area contributed by atoms with Crippen LogP contribution in [0, 0.1) is 0 Å². The van der Waals surface area contributed by atoms with Gasteiger partial charge in [-0.15, -0.1) is 0 Å². The molecular weight excluding hydrogens is 348 g/mol. The minimum Gasteiger partial charge on any atom is -0.441 e. The van der Waals surface area contributed by atoms with E-state index in [-0.39, 0.29) is 5.91 Å². The van der Waals surface area contributed by atoms with E-state index >= 15 is 0 Å². The maximum Gasteiger partial charge on any atom is 0.224 e. The monoisotopic (exact) mass is 368 g/mol. The molecule has 5 heteroatoms. The van der Waals surface area contributed by atoms with E-state index in [2.05, 4.69) is 24.1 Å². The Balaban J connectivity index is 1.54. The number of hydrogen-bond acceptors (Lipinski definition) is 3. The Kier molecular flexibility index (Phi) is 5.74. The largest absolute Gasteiger partial charge is 0.441 e. The first kappa shape index (κ1) is 18.2. The van der Waals surface area contributed by atoms with Crippen molar-refractivity contribution in [1.29, 1.82) is 0 Å². The standard InChI is InChI=1S/C21H21ClN2O2/c1-14(2)15-5-9-18(10-6-15)24-20(25)11-12-21-23-13-19(26-21)16-3-7-17(22)8-4-16/h3-10,13-14H,11-12H2,1-2H3,(H,24,25). The quantitative estimate of drug-likeness (QED) is 0.608. The number of nitrogens with zero attached hydrogens (tertiary/aromatic N) is 1. The lowest BCUT2D eigenvalue weighted by molar-refractivity contribution is -0.116. The second-order valence-electron chi connectivity index (χ2n) is 6.45. The van der Waals surface area contributed by atoms with Gasteiger partial charge in [-0.2, -0.15) is 0 Å². The van der Waals surface area contributed by atoms with Gasteiger partial charge < -0.3 is 9.73 Å². The van der Waals surface area contributed by atoms with Crippen molar-refractivity contribution in [2.75, 3.05) is 5.32 Å². The van der Waals surface area contributed by atoms with Crippen molar-refractivity contribution >= 4 is 23.2 Å². The van der Waals surface area contributed by atoms with Crippen molar-refractivity contribution in [3.63, 3.8) is 0 Å². The number of anilines is 1. The fraction of sp³-hybridized carbons (Fsp3) is 0.238. The molecule has 0 fully saturated rings. The molecule has 2 aromatic carbocycles. The van der Waals surface area contributed by atoms with Gasteiger partial charge in [0.2, 0.25) is 5.91 Å². The van der Waals surface area contributed by atoms with E-state index in [9.17, 15) is 4.79 Å². The molecule has 0 spiro atoms. The highest BCUT2D eigenvalue weighted by molar-refractivity contribution is 6.30. The number of rotatable bonds is 6. The first-order valence-corrected chi connectivity index (χ1v) is 8.99. The van der Waals surface area contributed by atoms with Gasteiger partial charge in [-0.3, -0.25) is 4.79 Å². The Morgan fingerprint density at radius 2 is 1.81 bits per heavy atom. The zero-order valence-corrected chi connectivity index (χ0v) is 15.6. The van der Waals surface area contributed by atoms with Crippen LogP contribution in [-0.2, 0) is 11.2 Å². The molecule has 0 aliphatic carbocycles. The molecule has 0 aliphatic rings. The van der Waals surface area contributed by atoms with Crippen LogP contribution in [-0.4, -0.2) is 10.9 Å². The molecular formula is C21H21ClN2O2. The number of carbonyl (C=O) groups excluding carboxylic acids is 1. The fourth-order valence-corrected chi connectivity index (χ4v) is 2.69. The number of amides is 1. The minimum absolute atomic E-state index is 0.0615. The molecule has 1 aromatic heterocycles. The molecule has 0 saturated heterocycles. The molecule has 0 aliphatic heterocycles. The average molecular weight is 369 g/mol. The van der Waals surface area contributed by atoms with E-state index in [0.717, 1.165) is 11.3 Å². The van der Waals surface area contributed by atoms with Crippen LogP contribution >= 0.6 is 11.6 Å². The summed E-state index contributed by atoms with van der Waals surface area (Å²) in [6.07, 6.45) is 2.43. The zero-order chi connectivity index (χ0) is 18.5. The molecule has 0 atom stereocenters. The van der Waals surface area contributed by atoms with Crippen LogP contribution in [0.5, 0.6) is 0 Å². The molecule has 0 radical (unpaired) electrons. The molecule has 1 amide bonds. The van der Waals surface area contributed by atoms with Crippen LogP contribution in [0.4, 0.5) is 5.69 Å². The lowest BCUT2D eigenvalue weighted by atomic mass is 10.0. The molecule has 26 heavy (non-hydrogen) atoms. The lowest BCUT2D eigenvalue weighted by Crippen LogP contribution is -2.12. The number of aromatic nitrogens is 1. The summed E-state index contributed by atoms with van der Waals surface area (Å²) < 4.78 is 5.72. The normalized spacial score (nSPS) is 10.9. The molecule has 0 unspecified atom stereocenters. The van der Waals surface area contributed by atoms with Crippen molar-refractivity contribution < 1.29 is 9.21 Å². The second kappa shape index (κ2) is 8.19. The highest BCUT2D eigenvalue weighted by atomic mass is 35.5. The minimum atomic E-state index is -0.0615. The highest BCUT2D eigenvalue weighted by Gasteiger charge is 2.09. The molecule has 0 bridgehead atoms. The Labute approximate surface area is 158 Å². The second-order valence-corrected chi connectivity index (χ2v) is 6.89. The third kappa shape index (κ3) is 4.73. The molecule has 134 valence electrons. The molecule has 1 heterocycles. The van der Waals surface area contributed by atoms with Gasteiger partial charge in [0.15, 0.2) is 11.7 Å². The van der Waals surface area contributed by atoms with Crippen LogP contribution in [0.1, 0.15) is 37.6 Å². The van der Waals surface area contributed by atoms with Gasteiger partial charge >= 0.3 is 0 Å². The van der Waals surface area contributed by atoms with Gasteiger partial charge in [0.05, 0.1) is 6.20 Å². The fourth-order valence-electron chi connectivity index (χ4n) is 2.57. The highest BCUT2D eigenvalue weighted by Crippen LogP contribution is 2.23. The van der Waals surface area contributed by atoms with Crippen LogP contribution in [0.3, 0.4) is 0 Å². The summed E-state index contributed by atoms with van der Waals surface area (Å²) >= 11 is 5.89. The van der Waals surface area contributed by atoms with E-state index in [1.807, 2.05) is 36.4 Å². The molecule has 3 aromatic rings. The Morgan fingerprint density at radius 1 is 1.12 bits per heavy atom. The van der Waals surface area contributed by atoms with Crippen molar-refractivity contribution in [2.24, 2.45) is 0 Å². The summed E-state index contributed by atoms with van der Waals surface area (Å²) in [5.74, 6) is 1.62. The lowest BCUT2D eigenvalue weighted by Gasteiger charge is -2.08. The van der Waals surface area contributed by atoms with Crippen molar-refractivity contribution in [2.45, 2.75) is 32.6 Å². The summed E-state index contributed by atoms with van der Waals surface area (Å²) in [6.45, 7) is 4.28. The topological polar surface area (TPSA) is 55.1 Å². The van der Waals surface area contributed by atoms with Crippen molar-refractivity contribution in [3.8, 4) is 11.3 Å². The van der Waals surface area contributed by atoms with E-state index in [1.54, 1.807) is 18.3 Å². The molecule has 1 N–H and O–H groups in total. The molecule has 3 rings (SSSR count). The number of hydrogen-bond donors (Lipinski definition) is 1. The van der Waals surface area contributed by atoms with Gasteiger partial charge in [-0.1, -0.05) is 37.6 Å². The Bertz CT molecular complexity index is 868. The van der Waals surface area contributed by atoms with Gasteiger partial charge in [0.1, 0.15) is 0 Å². The Morgan fingerprint density at radius 3 is 2.46 bits per heavy atom. The predicted octanol–water partition coefficient (Wildman–Crippen LogP) is 5.69. The van der Waals surface area contributed by atoms with Gasteiger partial charge in [-0.05, 0) is 47.9 Å². The van der Waals surface area contributed by atoms with Gasteiger partial charge in [0.25, 0.3) is 0 Å². The summed E-state index contributed by atoms with van der Waals surface area (Å²) in [5.41, 5.74) is 2.95. The summed E-state index contributed by atoms with van der Waals surface area (Å²) in [4.78, 5) is 16.4. The van der Waals surface area contributed by atoms with E-state index in [1.165, 1.54) is 5.56 Å². The van der Waals surface area contributed by atoms with Crippen molar-refractivity contribution in [1.82, 2.24) is 4.98 Å². The molecule has 0 saturated carbocycles. The van der Waals surface area contributed by atoms with Gasteiger partial charge in [0, 0.05) is 29.1 Å². The number of nitrogens with one attached hydrogen (secondary N) is 1. The average Bonchev–Trinajstić information content (AvgIpc) is 3.10. The summed E-state index contributed by atoms with van der Waals surface area (Å²) in [6, 6.07) is 15.3. The molecule has 4 nitrogen and oxygen atoms in total. The number of aryl methyl sites for hydroxylation is 1. The van der Waals surface area contributed by atoms with Crippen LogP contribution < -0.4 is 5.32 Å². The first-order valence-electron chi connectivity index (χ1n) is 8.62. The van der Waals surface area contributed by atoms with Crippen LogP contribution in [0.25, 0.3) is 11.3 Å². The van der Waals surface area contributed by atoms with E-state index in [0.29, 0.717) is 35.4 Å². The number of oxazole rings is 1. The predicted molar refractivity (Wildman–Crippen MR) is 104 cm³/mol.